The molecule has 0 saturated carbocycles. The van der Waals surface area contributed by atoms with Crippen LogP contribution in [0.4, 0.5) is 0 Å². The highest BCUT2D eigenvalue weighted by atomic mass is 16.7. The Labute approximate surface area is 256 Å². The number of phenolic OH excluding ortho intramolecular Hbond substituents is 1. The number of aromatic hydroxyl groups is 1. The number of esters is 1. The summed E-state index contributed by atoms with van der Waals surface area (Å²) >= 11 is 0. The number of hydrogen-bond acceptors (Lipinski definition) is 13. The fourth-order valence-electron chi connectivity index (χ4n) is 4.58. The molecule has 1 aromatic rings. The first-order valence-electron chi connectivity index (χ1n) is 14.3. The molecule has 0 aromatic heterocycles. The van der Waals surface area contributed by atoms with E-state index in [4.69, 9.17) is 23.7 Å². The predicted molar refractivity (Wildman–Crippen MR) is 156 cm³/mol. The van der Waals surface area contributed by atoms with Crippen molar-refractivity contribution >= 4 is 12.0 Å². The normalized spacial score (nSPS) is 33.6. The molecule has 0 spiro atoms. The van der Waals surface area contributed by atoms with Crippen molar-refractivity contribution in [1.82, 2.24) is 0 Å². The minimum atomic E-state index is -1.73. The maximum atomic E-state index is 12.8. The highest BCUT2D eigenvalue weighted by Gasteiger charge is 2.52. The first-order valence-corrected chi connectivity index (χ1v) is 14.3. The van der Waals surface area contributed by atoms with Gasteiger partial charge in [-0.1, -0.05) is 35.9 Å². The summed E-state index contributed by atoms with van der Waals surface area (Å²) in [6.45, 7) is 5.92. The molecular weight excluding hydrogens is 580 g/mol. The number of ether oxygens (including phenoxy) is 5. The van der Waals surface area contributed by atoms with Gasteiger partial charge in [-0.15, -0.1) is 0 Å². The second-order valence-corrected chi connectivity index (χ2v) is 11.5. The number of rotatable bonds is 12. The SMILES string of the molecule is C/C(=C\CO[C@@H]1O[C@H](CO)[C@@H](OC(=O)/C=C/c2ccc(O)cc2)[C@H](O[C@@H]2O[C@@H](C)[C@H](O)[C@@H](O)[C@H]2O)[C@H]1O)C/C=C\C(C)(C)O. The monoisotopic (exact) mass is 624 g/mol. The van der Waals surface area contributed by atoms with Crippen LogP contribution in [0.25, 0.3) is 6.08 Å². The fraction of sp³-hybridized carbons (Fsp3) is 0.581. The average Bonchev–Trinajstić information content (AvgIpc) is 2.96. The van der Waals surface area contributed by atoms with E-state index in [0.717, 1.165) is 11.6 Å². The van der Waals surface area contributed by atoms with Gasteiger partial charge in [0.25, 0.3) is 0 Å². The van der Waals surface area contributed by atoms with Crippen molar-refractivity contribution in [2.45, 2.75) is 101 Å². The third-order valence-corrected chi connectivity index (χ3v) is 7.11. The number of aliphatic hydroxyl groups excluding tert-OH is 5. The van der Waals surface area contributed by atoms with E-state index in [2.05, 4.69) is 0 Å². The molecular formula is C31H44O13. The largest absolute Gasteiger partial charge is 0.508 e. The molecule has 0 unspecified atom stereocenters. The lowest BCUT2D eigenvalue weighted by Gasteiger charge is -2.46. The Balaban J connectivity index is 1.78. The third kappa shape index (κ3) is 10.2. The number of allylic oxidation sites excluding steroid dienone is 2. The van der Waals surface area contributed by atoms with E-state index in [-0.39, 0.29) is 12.4 Å². The molecule has 10 atom stereocenters. The number of benzene rings is 1. The summed E-state index contributed by atoms with van der Waals surface area (Å²) in [4.78, 5) is 12.8. The molecule has 7 N–H and O–H groups in total. The Morgan fingerprint density at radius 1 is 0.977 bits per heavy atom. The Morgan fingerprint density at radius 3 is 2.30 bits per heavy atom. The highest BCUT2D eigenvalue weighted by Crippen LogP contribution is 2.31. The molecule has 0 aliphatic carbocycles. The van der Waals surface area contributed by atoms with Crippen LogP contribution in [0.1, 0.15) is 39.7 Å². The molecule has 2 aliphatic heterocycles. The zero-order valence-electron chi connectivity index (χ0n) is 25.2. The minimum Gasteiger partial charge on any atom is -0.508 e. The van der Waals surface area contributed by atoms with Gasteiger partial charge in [-0.25, -0.2) is 4.79 Å². The number of carbonyl (C=O) groups is 1. The third-order valence-electron chi connectivity index (χ3n) is 7.11. The standard InChI is InChI=1S/C31H44O13/c1-17(6-5-14-31(3,4)39)13-15-40-29-26(38)28(44-30-25(37)24(36)23(35)18(2)41-30)27(21(16-32)42-29)43-22(34)12-9-19-7-10-20(33)11-8-19/h5,7-14,18,21,23-30,32-33,35-39H,6,15-16H2,1-4H3/b12-9+,14-5-,17-13+/t18-,21+,23-,24+,25+,26+,27+,28+,29+,30-/m0/s1. The lowest BCUT2D eigenvalue weighted by molar-refractivity contribution is -0.356. The first-order chi connectivity index (χ1) is 20.7. The van der Waals surface area contributed by atoms with Gasteiger partial charge >= 0.3 is 5.97 Å². The van der Waals surface area contributed by atoms with Gasteiger partial charge in [0.05, 0.1) is 24.9 Å². The summed E-state index contributed by atoms with van der Waals surface area (Å²) in [7, 11) is 0. The zero-order valence-corrected chi connectivity index (χ0v) is 25.2. The van der Waals surface area contributed by atoms with Gasteiger partial charge in [-0.05, 0) is 57.9 Å². The summed E-state index contributed by atoms with van der Waals surface area (Å²) < 4.78 is 28.4. The van der Waals surface area contributed by atoms with E-state index in [1.54, 1.807) is 44.2 Å². The van der Waals surface area contributed by atoms with Gasteiger partial charge in [0, 0.05) is 6.08 Å². The number of phenols is 1. The van der Waals surface area contributed by atoms with Crippen LogP contribution in [-0.2, 0) is 28.5 Å². The lowest BCUT2D eigenvalue weighted by Crippen LogP contribution is -2.65. The molecule has 0 amide bonds. The van der Waals surface area contributed by atoms with E-state index in [9.17, 15) is 40.5 Å². The molecule has 13 heteroatoms. The van der Waals surface area contributed by atoms with Gasteiger partial charge in [-0.3, -0.25) is 0 Å². The summed E-state index contributed by atoms with van der Waals surface area (Å²) in [5.41, 5.74) is 0.530. The van der Waals surface area contributed by atoms with E-state index in [0.29, 0.717) is 12.0 Å². The van der Waals surface area contributed by atoms with Crippen LogP contribution < -0.4 is 0 Å². The van der Waals surface area contributed by atoms with Crippen LogP contribution >= 0.6 is 0 Å². The zero-order chi connectivity index (χ0) is 32.6. The molecule has 0 radical (unpaired) electrons. The molecule has 44 heavy (non-hydrogen) atoms. The van der Waals surface area contributed by atoms with Crippen molar-refractivity contribution in [3.05, 3.63) is 59.7 Å². The quantitative estimate of drug-likeness (QED) is 0.0950. The lowest BCUT2D eigenvalue weighted by atomic mass is 9.97. The number of hydrogen-bond donors (Lipinski definition) is 7. The summed E-state index contributed by atoms with van der Waals surface area (Å²) in [6.07, 6.45) is -6.16. The summed E-state index contributed by atoms with van der Waals surface area (Å²) in [5.74, 6) is -0.829. The van der Waals surface area contributed by atoms with Gasteiger partial charge in [0.1, 0.15) is 42.4 Å². The second-order valence-electron chi connectivity index (χ2n) is 11.5. The first kappa shape index (κ1) is 35.8. The molecule has 1 aromatic carbocycles. The molecule has 2 fully saturated rings. The van der Waals surface area contributed by atoms with Gasteiger partial charge < -0.3 is 59.4 Å². The molecule has 246 valence electrons. The number of carbonyl (C=O) groups excluding carboxylic acids is 1. The fourth-order valence-corrected chi connectivity index (χ4v) is 4.58. The van der Waals surface area contributed by atoms with Crippen molar-refractivity contribution in [3.8, 4) is 5.75 Å². The van der Waals surface area contributed by atoms with Crippen LogP contribution in [0.3, 0.4) is 0 Å². The topological polar surface area (TPSA) is 205 Å². The second kappa shape index (κ2) is 16.0. The molecule has 13 nitrogen and oxygen atoms in total. The van der Waals surface area contributed by atoms with Crippen molar-refractivity contribution in [1.29, 1.82) is 0 Å². The minimum absolute atomic E-state index is 0.0148. The highest BCUT2D eigenvalue weighted by molar-refractivity contribution is 5.87. The number of aliphatic hydroxyl groups is 6. The Morgan fingerprint density at radius 2 is 1.66 bits per heavy atom. The summed E-state index contributed by atoms with van der Waals surface area (Å²) in [5, 5.41) is 71.5. The predicted octanol–water partition coefficient (Wildman–Crippen LogP) is 0.288. The van der Waals surface area contributed by atoms with E-state index in [1.807, 2.05) is 6.92 Å². The van der Waals surface area contributed by atoms with Crippen LogP contribution in [0, 0.1) is 0 Å². The van der Waals surface area contributed by atoms with Crippen LogP contribution in [0.15, 0.2) is 54.1 Å². The Hall–Kier alpha value is -2.69. The van der Waals surface area contributed by atoms with E-state index >= 15 is 0 Å². The van der Waals surface area contributed by atoms with Gasteiger partial charge in [0.15, 0.2) is 18.7 Å². The van der Waals surface area contributed by atoms with Crippen molar-refractivity contribution in [2.75, 3.05) is 13.2 Å². The van der Waals surface area contributed by atoms with E-state index < -0.39 is 79.6 Å². The van der Waals surface area contributed by atoms with Crippen LogP contribution in [-0.4, -0.2) is 122 Å². The molecule has 2 heterocycles. The Kier molecular flexibility index (Phi) is 13.0. The smallest absolute Gasteiger partial charge is 0.331 e. The van der Waals surface area contributed by atoms with Crippen LogP contribution in [0.5, 0.6) is 5.75 Å². The summed E-state index contributed by atoms with van der Waals surface area (Å²) in [6, 6.07) is 6.01. The van der Waals surface area contributed by atoms with Crippen molar-refractivity contribution in [2.24, 2.45) is 0 Å². The average molecular weight is 625 g/mol. The van der Waals surface area contributed by atoms with E-state index in [1.165, 1.54) is 25.1 Å². The van der Waals surface area contributed by atoms with Crippen LogP contribution in [0.2, 0.25) is 0 Å². The molecule has 3 rings (SSSR count). The molecule has 2 saturated heterocycles. The van der Waals surface area contributed by atoms with Gasteiger partial charge in [-0.2, -0.15) is 0 Å². The molecule has 2 aliphatic rings. The van der Waals surface area contributed by atoms with Gasteiger partial charge in [0.2, 0.25) is 0 Å². The maximum absolute atomic E-state index is 12.8. The Bertz CT molecular complexity index is 1140. The van der Waals surface area contributed by atoms with Crippen molar-refractivity contribution in [3.63, 3.8) is 0 Å². The van der Waals surface area contributed by atoms with Crippen molar-refractivity contribution < 1.29 is 64.2 Å². The maximum Gasteiger partial charge on any atom is 0.331 e. The molecule has 0 bridgehead atoms.